The summed E-state index contributed by atoms with van der Waals surface area (Å²) in [4.78, 5) is 35.3. The molecule has 32 heavy (non-hydrogen) atoms. The molecule has 4 rings (SSSR count). The maximum atomic E-state index is 12.1. The largest absolute Gasteiger partial charge is 0.480 e. The van der Waals surface area contributed by atoms with E-state index in [1.807, 2.05) is 24.3 Å². The van der Waals surface area contributed by atoms with Crippen molar-refractivity contribution in [3.63, 3.8) is 0 Å². The lowest BCUT2D eigenvalue weighted by molar-refractivity contribution is -0.141. The van der Waals surface area contributed by atoms with Gasteiger partial charge in [-0.2, -0.15) is 0 Å². The van der Waals surface area contributed by atoms with Gasteiger partial charge in [0.1, 0.15) is 12.6 Å². The summed E-state index contributed by atoms with van der Waals surface area (Å²) in [5.41, 5.74) is 4.59. The van der Waals surface area contributed by atoms with Crippen molar-refractivity contribution in [1.82, 2.24) is 10.6 Å². The van der Waals surface area contributed by atoms with Gasteiger partial charge in [-0.1, -0.05) is 67.4 Å². The Labute approximate surface area is 186 Å². The highest BCUT2D eigenvalue weighted by molar-refractivity contribution is 5.91. The molecular formula is C25H26N2O5. The van der Waals surface area contributed by atoms with Gasteiger partial charge in [0.05, 0.1) is 0 Å². The standard InChI is InChI=1S/C25H26N2O5/c28-23(27-22(24(29)30)14-16-11-12-16)10-5-13-26-25(31)32-15-21-19-8-3-1-6-17(19)18-7-2-4-9-20(18)21/h1-10,16,21-22H,11-15H2,(H,26,31)(H,27,28)(H,29,30)/b10-5+/t22-/m0/s1. The number of rotatable bonds is 9. The fourth-order valence-corrected chi connectivity index (χ4v) is 4.09. The molecule has 0 radical (unpaired) electrons. The van der Waals surface area contributed by atoms with Gasteiger partial charge >= 0.3 is 12.1 Å². The molecule has 0 aliphatic heterocycles. The zero-order chi connectivity index (χ0) is 22.5. The van der Waals surface area contributed by atoms with Crippen LogP contribution in [0.1, 0.15) is 36.3 Å². The molecular weight excluding hydrogens is 408 g/mol. The number of benzene rings is 2. The summed E-state index contributed by atoms with van der Waals surface area (Å²) in [5.74, 6) is -1.16. The number of aliphatic carboxylic acids is 1. The summed E-state index contributed by atoms with van der Waals surface area (Å²) in [6.07, 6.45) is 4.60. The van der Waals surface area contributed by atoms with E-state index in [0.717, 1.165) is 35.1 Å². The smallest absolute Gasteiger partial charge is 0.407 e. The highest BCUT2D eigenvalue weighted by atomic mass is 16.5. The molecule has 2 aliphatic carbocycles. The number of alkyl carbamates (subject to hydrolysis) is 1. The fourth-order valence-electron chi connectivity index (χ4n) is 4.09. The Bertz CT molecular complexity index is 999. The number of nitrogens with one attached hydrogen (secondary N) is 2. The van der Waals surface area contributed by atoms with Crippen LogP contribution in [-0.4, -0.2) is 42.3 Å². The predicted octanol–water partition coefficient (Wildman–Crippen LogP) is 3.45. The number of carboxylic acid groups (broad SMARTS) is 1. The third kappa shape index (κ3) is 5.17. The Morgan fingerprint density at radius 1 is 1.03 bits per heavy atom. The maximum Gasteiger partial charge on any atom is 0.407 e. The van der Waals surface area contributed by atoms with Crippen LogP contribution in [0.2, 0.25) is 0 Å². The van der Waals surface area contributed by atoms with Crippen LogP contribution in [0.3, 0.4) is 0 Å². The minimum absolute atomic E-state index is 0.0195. The van der Waals surface area contributed by atoms with Crippen LogP contribution in [0.15, 0.2) is 60.7 Å². The molecule has 0 heterocycles. The van der Waals surface area contributed by atoms with Gasteiger partial charge < -0.3 is 20.5 Å². The molecule has 2 amide bonds. The monoisotopic (exact) mass is 434 g/mol. The van der Waals surface area contributed by atoms with E-state index in [4.69, 9.17) is 4.74 Å². The van der Waals surface area contributed by atoms with E-state index in [9.17, 15) is 19.5 Å². The van der Waals surface area contributed by atoms with Gasteiger partial charge in [-0.3, -0.25) is 4.79 Å². The number of carboxylic acids is 1. The number of hydrogen-bond acceptors (Lipinski definition) is 4. The van der Waals surface area contributed by atoms with Crippen LogP contribution in [-0.2, 0) is 14.3 Å². The molecule has 1 saturated carbocycles. The van der Waals surface area contributed by atoms with Crippen molar-refractivity contribution in [3.05, 3.63) is 71.8 Å². The van der Waals surface area contributed by atoms with Gasteiger partial charge in [0, 0.05) is 18.5 Å². The minimum atomic E-state index is -1.03. The summed E-state index contributed by atoms with van der Waals surface area (Å²) in [5, 5.41) is 14.3. The summed E-state index contributed by atoms with van der Waals surface area (Å²) in [6, 6.07) is 15.3. The Hall–Kier alpha value is -3.61. The van der Waals surface area contributed by atoms with E-state index in [-0.39, 0.29) is 19.1 Å². The summed E-state index contributed by atoms with van der Waals surface area (Å²) in [6.45, 7) is 0.315. The second-order valence-corrected chi connectivity index (χ2v) is 8.19. The van der Waals surface area contributed by atoms with E-state index >= 15 is 0 Å². The van der Waals surface area contributed by atoms with Crippen LogP contribution in [0.5, 0.6) is 0 Å². The lowest BCUT2D eigenvalue weighted by atomic mass is 9.98. The van der Waals surface area contributed by atoms with Gasteiger partial charge in [0.2, 0.25) is 5.91 Å². The minimum Gasteiger partial charge on any atom is -0.480 e. The van der Waals surface area contributed by atoms with Crippen LogP contribution in [0, 0.1) is 5.92 Å². The molecule has 0 bridgehead atoms. The first-order valence-corrected chi connectivity index (χ1v) is 10.8. The Kier molecular flexibility index (Phi) is 6.54. The molecule has 166 valence electrons. The molecule has 0 saturated heterocycles. The maximum absolute atomic E-state index is 12.1. The highest BCUT2D eigenvalue weighted by Gasteiger charge is 2.30. The number of carbonyl (C=O) groups is 3. The van der Waals surface area contributed by atoms with Crippen molar-refractivity contribution >= 4 is 18.0 Å². The fraction of sp³-hybridized carbons (Fsp3) is 0.320. The molecule has 2 aromatic rings. The van der Waals surface area contributed by atoms with E-state index in [1.54, 1.807) is 0 Å². The third-order valence-electron chi connectivity index (χ3n) is 5.86. The van der Waals surface area contributed by atoms with Crippen molar-refractivity contribution in [2.24, 2.45) is 5.92 Å². The molecule has 0 aromatic heterocycles. The normalized spacial score (nSPS) is 15.6. The quantitative estimate of drug-likeness (QED) is 0.525. The highest BCUT2D eigenvalue weighted by Crippen LogP contribution is 2.44. The average molecular weight is 434 g/mol. The summed E-state index contributed by atoms with van der Waals surface area (Å²) in [7, 11) is 0. The molecule has 3 N–H and O–H groups in total. The molecule has 2 aromatic carbocycles. The van der Waals surface area contributed by atoms with Crippen LogP contribution >= 0.6 is 0 Å². The molecule has 1 fully saturated rings. The topological polar surface area (TPSA) is 105 Å². The molecule has 0 unspecified atom stereocenters. The van der Waals surface area contributed by atoms with Crippen molar-refractivity contribution in [2.75, 3.05) is 13.2 Å². The Morgan fingerprint density at radius 3 is 2.25 bits per heavy atom. The first-order chi connectivity index (χ1) is 15.5. The van der Waals surface area contributed by atoms with Crippen molar-refractivity contribution in [3.8, 4) is 11.1 Å². The number of fused-ring (bicyclic) bond motifs is 3. The lowest BCUT2D eigenvalue weighted by Gasteiger charge is -2.14. The van der Waals surface area contributed by atoms with Gasteiger partial charge in [0.25, 0.3) is 0 Å². The van der Waals surface area contributed by atoms with Crippen molar-refractivity contribution in [1.29, 1.82) is 0 Å². The van der Waals surface area contributed by atoms with Crippen molar-refractivity contribution < 1.29 is 24.2 Å². The second kappa shape index (κ2) is 9.68. The average Bonchev–Trinajstić information content (AvgIpc) is 3.55. The molecule has 7 heteroatoms. The molecule has 1 atom stereocenters. The SMILES string of the molecule is O=C(/C=C/CNC(=O)OCC1c2ccccc2-c2ccccc21)N[C@@H](CC1CC1)C(=O)O. The van der Waals surface area contributed by atoms with Crippen LogP contribution < -0.4 is 10.6 Å². The number of carbonyl (C=O) groups excluding carboxylic acids is 2. The van der Waals surface area contributed by atoms with E-state index < -0.39 is 24.0 Å². The Morgan fingerprint density at radius 2 is 1.66 bits per heavy atom. The van der Waals surface area contributed by atoms with E-state index in [0.29, 0.717) is 12.3 Å². The number of hydrogen-bond donors (Lipinski definition) is 3. The predicted molar refractivity (Wildman–Crippen MR) is 119 cm³/mol. The first kappa shape index (κ1) is 21.6. The zero-order valence-corrected chi connectivity index (χ0v) is 17.6. The van der Waals surface area contributed by atoms with E-state index in [2.05, 4.69) is 34.9 Å². The molecule has 0 spiro atoms. The van der Waals surface area contributed by atoms with Crippen LogP contribution in [0.4, 0.5) is 4.79 Å². The zero-order valence-electron chi connectivity index (χ0n) is 17.6. The lowest BCUT2D eigenvalue weighted by Crippen LogP contribution is -2.40. The number of ether oxygens (including phenoxy) is 1. The van der Waals surface area contributed by atoms with Gasteiger partial charge in [-0.25, -0.2) is 9.59 Å². The summed E-state index contributed by atoms with van der Waals surface area (Å²) < 4.78 is 5.43. The summed E-state index contributed by atoms with van der Waals surface area (Å²) >= 11 is 0. The van der Waals surface area contributed by atoms with E-state index in [1.165, 1.54) is 12.2 Å². The Balaban J connectivity index is 1.23. The van der Waals surface area contributed by atoms with Crippen molar-refractivity contribution in [2.45, 2.75) is 31.2 Å². The second-order valence-electron chi connectivity index (χ2n) is 8.19. The van der Waals surface area contributed by atoms with Gasteiger partial charge in [-0.15, -0.1) is 0 Å². The molecule has 2 aliphatic rings. The van der Waals surface area contributed by atoms with Crippen LogP contribution in [0.25, 0.3) is 11.1 Å². The van der Waals surface area contributed by atoms with Gasteiger partial charge in [-0.05, 0) is 34.6 Å². The third-order valence-corrected chi connectivity index (χ3v) is 5.86. The first-order valence-electron chi connectivity index (χ1n) is 10.8. The van der Waals surface area contributed by atoms with Gasteiger partial charge in [0.15, 0.2) is 0 Å². The molecule has 7 nitrogen and oxygen atoms in total. The number of amides is 2.